The van der Waals surface area contributed by atoms with Gasteiger partial charge in [-0.25, -0.2) is 14.4 Å². The summed E-state index contributed by atoms with van der Waals surface area (Å²) in [5.41, 5.74) is 1.67. The van der Waals surface area contributed by atoms with Crippen LogP contribution in [0.1, 0.15) is 12.8 Å². The minimum Gasteiger partial charge on any atom is -0.486 e. The molecule has 3 saturated heterocycles. The first-order valence-electron chi connectivity index (χ1n) is 12.6. The van der Waals surface area contributed by atoms with E-state index in [1.54, 1.807) is 24.3 Å². The number of rotatable bonds is 8. The molecule has 2 N–H and O–H groups in total. The SMILES string of the molecule is O=C(/C=C/CN1C[C@H]2C[C@@H]1CO2)Nc1cc2c(Nc3ccc(F)c(Cl)c3)ncnc2cc1O[C@@H]1CCOC1. The molecule has 1 amide bonds. The van der Waals surface area contributed by atoms with Gasteiger partial charge < -0.3 is 24.8 Å². The molecular weight excluding hydrogens is 513 g/mol. The minimum atomic E-state index is -0.508. The molecule has 0 radical (unpaired) electrons. The first kappa shape index (κ1) is 25.0. The molecule has 1 aromatic heterocycles. The van der Waals surface area contributed by atoms with Gasteiger partial charge in [-0.3, -0.25) is 9.69 Å². The van der Waals surface area contributed by atoms with E-state index in [9.17, 15) is 9.18 Å². The number of carbonyl (C=O) groups is 1. The van der Waals surface area contributed by atoms with Crippen LogP contribution in [0.3, 0.4) is 0 Å². The van der Waals surface area contributed by atoms with Crippen molar-refractivity contribution in [1.82, 2.24) is 14.9 Å². The summed E-state index contributed by atoms with van der Waals surface area (Å²) in [6, 6.07) is 8.31. The molecule has 38 heavy (non-hydrogen) atoms. The van der Waals surface area contributed by atoms with Gasteiger partial charge in [0.1, 0.15) is 29.8 Å². The maximum absolute atomic E-state index is 13.6. The molecule has 3 aliphatic rings. The number of benzene rings is 2. The topological polar surface area (TPSA) is 97.8 Å². The minimum absolute atomic E-state index is 0.00291. The number of carbonyl (C=O) groups excluding carboxylic acids is 1. The molecule has 3 fully saturated rings. The lowest BCUT2D eigenvalue weighted by molar-refractivity contribution is -0.111. The Balaban J connectivity index is 1.25. The number of fused-ring (bicyclic) bond motifs is 3. The molecule has 0 saturated carbocycles. The van der Waals surface area contributed by atoms with E-state index in [0.29, 0.717) is 65.7 Å². The molecule has 2 bridgehead atoms. The molecule has 3 atom stereocenters. The highest BCUT2D eigenvalue weighted by molar-refractivity contribution is 6.31. The van der Waals surface area contributed by atoms with Crippen molar-refractivity contribution < 1.29 is 23.4 Å². The van der Waals surface area contributed by atoms with Crippen molar-refractivity contribution in [3.8, 4) is 5.75 Å². The fourth-order valence-corrected chi connectivity index (χ4v) is 5.23. The van der Waals surface area contributed by atoms with E-state index in [2.05, 4.69) is 25.5 Å². The zero-order valence-corrected chi connectivity index (χ0v) is 21.3. The Morgan fingerprint density at radius 2 is 2.18 bits per heavy atom. The van der Waals surface area contributed by atoms with Crippen LogP contribution in [0.15, 0.2) is 48.8 Å². The molecule has 4 heterocycles. The summed E-state index contributed by atoms with van der Waals surface area (Å²) in [5.74, 6) is 0.198. The number of nitrogens with one attached hydrogen (secondary N) is 2. The van der Waals surface area contributed by atoms with Crippen LogP contribution in [0.25, 0.3) is 10.9 Å². The molecular formula is C27H27ClFN5O4. The second-order valence-corrected chi connectivity index (χ2v) is 10.0. The zero-order valence-electron chi connectivity index (χ0n) is 20.5. The Labute approximate surface area is 223 Å². The van der Waals surface area contributed by atoms with Gasteiger partial charge in [-0.2, -0.15) is 0 Å². The summed E-state index contributed by atoms with van der Waals surface area (Å²) in [6.07, 6.45) is 6.86. The third-order valence-electron chi connectivity index (χ3n) is 6.98. The second kappa shape index (κ2) is 10.8. The van der Waals surface area contributed by atoms with Gasteiger partial charge in [0.15, 0.2) is 0 Å². The predicted octanol–water partition coefficient (Wildman–Crippen LogP) is 4.30. The molecule has 3 aromatic rings. The number of hydrogen-bond acceptors (Lipinski definition) is 8. The molecule has 0 aliphatic carbocycles. The Hall–Kier alpha value is -3.31. The summed E-state index contributed by atoms with van der Waals surface area (Å²) in [5, 5.41) is 6.76. The Kier molecular flexibility index (Phi) is 7.12. The van der Waals surface area contributed by atoms with E-state index in [-0.39, 0.29) is 17.0 Å². The van der Waals surface area contributed by atoms with Gasteiger partial charge in [-0.15, -0.1) is 0 Å². The van der Waals surface area contributed by atoms with E-state index in [1.807, 2.05) is 6.08 Å². The van der Waals surface area contributed by atoms with Crippen LogP contribution in [0, 0.1) is 5.82 Å². The molecule has 3 aliphatic heterocycles. The lowest BCUT2D eigenvalue weighted by atomic mass is 10.1. The van der Waals surface area contributed by atoms with Crippen LogP contribution in [0.4, 0.5) is 21.6 Å². The maximum atomic E-state index is 13.6. The van der Waals surface area contributed by atoms with Gasteiger partial charge in [0.25, 0.3) is 0 Å². The normalized spacial score (nSPS) is 22.9. The number of likely N-dealkylation sites (tertiary alicyclic amines) is 1. The van der Waals surface area contributed by atoms with Crippen molar-refractivity contribution >= 4 is 45.6 Å². The molecule has 2 aromatic carbocycles. The average molecular weight is 540 g/mol. The highest BCUT2D eigenvalue weighted by atomic mass is 35.5. The lowest BCUT2D eigenvalue weighted by Gasteiger charge is -2.25. The Morgan fingerprint density at radius 3 is 2.95 bits per heavy atom. The van der Waals surface area contributed by atoms with Crippen LogP contribution >= 0.6 is 11.6 Å². The number of anilines is 3. The molecule has 6 rings (SSSR count). The first-order valence-corrected chi connectivity index (χ1v) is 13.0. The number of ether oxygens (including phenoxy) is 3. The molecule has 0 unspecified atom stereocenters. The smallest absolute Gasteiger partial charge is 0.248 e. The maximum Gasteiger partial charge on any atom is 0.248 e. The summed E-state index contributed by atoms with van der Waals surface area (Å²) >= 11 is 5.95. The molecule has 198 valence electrons. The van der Waals surface area contributed by atoms with Gasteiger partial charge in [-0.05, 0) is 30.7 Å². The van der Waals surface area contributed by atoms with Crippen LogP contribution in [-0.2, 0) is 14.3 Å². The lowest BCUT2D eigenvalue weighted by Crippen LogP contribution is -2.36. The highest BCUT2D eigenvalue weighted by Gasteiger charge is 2.38. The van der Waals surface area contributed by atoms with Gasteiger partial charge >= 0.3 is 0 Å². The molecule has 0 spiro atoms. The predicted molar refractivity (Wildman–Crippen MR) is 142 cm³/mol. The number of morpholine rings is 1. The summed E-state index contributed by atoms with van der Waals surface area (Å²) in [6.45, 7) is 3.46. The summed E-state index contributed by atoms with van der Waals surface area (Å²) < 4.78 is 30.9. The largest absolute Gasteiger partial charge is 0.486 e. The fraction of sp³-hybridized carbons (Fsp3) is 0.370. The number of nitrogens with zero attached hydrogens (tertiary/aromatic N) is 3. The van der Waals surface area contributed by atoms with Gasteiger partial charge in [0.2, 0.25) is 5.91 Å². The van der Waals surface area contributed by atoms with E-state index >= 15 is 0 Å². The van der Waals surface area contributed by atoms with E-state index in [4.69, 9.17) is 25.8 Å². The van der Waals surface area contributed by atoms with Crippen LogP contribution in [0.2, 0.25) is 5.02 Å². The second-order valence-electron chi connectivity index (χ2n) is 9.64. The van der Waals surface area contributed by atoms with Gasteiger partial charge in [0.05, 0.1) is 42.2 Å². The van der Waals surface area contributed by atoms with Crippen LogP contribution < -0.4 is 15.4 Å². The molecule has 11 heteroatoms. The van der Waals surface area contributed by atoms with Crippen molar-refractivity contribution in [2.45, 2.75) is 31.1 Å². The summed E-state index contributed by atoms with van der Waals surface area (Å²) in [4.78, 5) is 24.0. The fourth-order valence-electron chi connectivity index (χ4n) is 5.05. The number of hydrogen-bond donors (Lipinski definition) is 2. The van der Waals surface area contributed by atoms with Gasteiger partial charge in [0, 0.05) is 48.8 Å². The van der Waals surface area contributed by atoms with Crippen LogP contribution in [-0.4, -0.2) is 71.9 Å². The standard InChI is InChI=1S/C27H27ClFN5O4/c28-21-8-16(3-4-22(21)29)32-27-20-10-24(25(11-23(20)30-15-31-27)38-18-5-7-36-14-18)33-26(35)2-1-6-34-12-19-9-17(34)13-37-19/h1-4,8,10-11,15,17-19H,5-7,9,12-14H2,(H,33,35)(H,30,31,32)/b2-1+/t17-,18-,19-/m1/s1. The summed E-state index contributed by atoms with van der Waals surface area (Å²) in [7, 11) is 0. The van der Waals surface area contributed by atoms with Crippen molar-refractivity contribution in [1.29, 1.82) is 0 Å². The third-order valence-corrected chi connectivity index (χ3v) is 7.27. The van der Waals surface area contributed by atoms with E-state index < -0.39 is 5.82 Å². The molecule has 9 nitrogen and oxygen atoms in total. The number of amides is 1. The average Bonchev–Trinajstić information content (AvgIpc) is 3.66. The first-order chi connectivity index (χ1) is 18.5. The van der Waals surface area contributed by atoms with Crippen LogP contribution in [0.5, 0.6) is 5.75 Å². The highest BCUT2D eigenvalue weighted by Crippen LogP contribution is 2.35. The van der Waals surface area contributed by atoms with Crippen molar-refractivity contribution in [3.05, 3.63) is 59.7 Å². The van der Waals surface area contributed by atoms with Gasteiger partial charge in [-0.1, -0.05) is 17.7 Å². The van der Waals surface area contributed by atoms with Crippen molar-refractivity contribution in [2.75, 3.05) is 43.5 Å². The van der Waals surface area contributed by atoms with E-state index in [1.165, 1.54) is 18.5 Å². The van der Waals surface area contributed by atoms with Crippen molar-refractivity contribution in [2.24, 2.45) is 0 Å². The zero-order chi connectivity index (χ0) is 26.1. The van der Waals surface area contributed by atoms with E-state index in [0.717, 1.165) is 26.0 Å². The Bertz CT molecular complexity index is 1380. The number of halogens is 2. The number of aromatic nitrogens is 2. The quantitative estimate of drug-likeness (QED) is 0.409. The van der Waals surface area contributed by atoms with Crippen molar-refractivity contribution in [3.63, 3.8) is 0 Å². The Morgan fingerprint density at radius 1 is 1.26 bits per heavy atom. The third kappa shape index (κ3) is 5.44. The monoisotopic (exact) mass is 539 g/mol.